The third kappa shape index (κ3) is 6.93. The van der Waals surface area contributed by atoms with Crippen LogP contribution in [0.25, 0.3) is 10.2 Å². The summed E-state index contributed by atoms with van der Waals surface area (Å²) in [6.45, 7) is 1.94. The van der Waals surface area contributed by atoms with Gasteiger partial charge >= 0.3 is 4.87 Å². The fourth-order valence-electron chi connectivity index (χ4n) is 5.57. The van der Waals surface area contributed by atoms with Crippen LogP contribution in [0, 0.1) is 0 Å². The number of nitrogens with one attached hydrogen (secondary N) is 2. The lowest BCUT2D eigenvalue weighted by Gasteiger charge is -2.30. The zero-order chi connectivity index (χ0) is 28.1. The molecule has 40 heavy (non-hydrogen) atoms. The Kier molecular flexibility index (Phi) is 9.22. The number of thiazole rings is 1. The fourth-order valence-corrected chi connectivity index (χ4v) is 6.68. The van der Waals surface area contributed by atoms with Gasteiger partial charge in [-0.3, -0.25) is 9.59 Å². The first kappa shape index (κ1) is 28.4. The predicted molar refractivity (Wildman–Crippen MR) is 162 cm³/mol. The van der Waals surface area contributed by atoms with Gasteiger partial charge < -0.3 is 26.0 Å². The largest absolute Gasteiger partial charge is 0.506 e. The molecule has 0 radical (unpaired) electrons. The van der Waals surface area contributed by atoms with Crippen LogP contribution in [0.2, 0.25) is 5.02 Å². The molecule has 0 spiro atoms. The molecule has 5 rings (SSSR count). The van der Waals surface area contributed by atoms with Gasteiger partial charge in [0.25, 0.3) is 0 Å². The summed E-state index contributed by atoms with van der Waals surface area (Å²) in [5.74, 6) is 0.179. The summed E-state index contributed by atoms with van der Waals surface area (Å²) in [4.78, 5) is 29.9. The topological polar surface area (TPSA) is 111 Å². The number of rotatable bonds is 12. The smallest absolute Gasteiger partial charge is 0.305 e. The molecular weight excluding hydrogens is 544 g/mol. The first-order valence-corrected chi connectivity index (χ1v) is 15.0. The quantitative estimate of drug-likeness (QED) is 0.186. The van der Waals surface area contributed by atoms with Crippen molar-refractivity contribution < 1.29 is 9.90 Å². The summed E-state index contributed by atoms with van der Waals surface area (Å²) in [7, 11) is 0. The average Bonchev–Trinajstić information content (AvgIpc) is 3.54. The standard InChI is InChI=1S/C31H35ClN4O3S/c32-24-7-3-4-20(16-24)8-10-25(33)19-28(38)36(26-17-22-5-1-2-6-23(22)18-26)15-14-34-13-12-21-9-11-27(37)29-30(21)40-31(39)35-29/h1-7,9,11,16,25-26,34,37H,8,10,12-15,17-19,33H2,(H,35,39). The van der Waals surface area contributed by atoms with E-state index in [4.69, 9.17) is 17.3 Å². The lowest BCUT2D eigenvalue weighted by Crippen LogP contribution is -2.46. The molecule has 1 aromatic heterocycles. The molecule has 7 nitrogen and oxygen atoms in total. The zero-order valence-corrected chi connectivity index (χ0v) is 23.9. The molecule has 0 saturated carbocycles. The molecule has 0 aliphatic heterocycles. The number of aryl methyl sites for hydroxylation is 1. The van der Waals surface area contributed by atoms with Crippen molar-refractivity contribution in [2.75, 3.05) is 19.6 Å². The molecule has 1 atom stereocenters. The van der Waals surface area contributed by atoms with E-state index in [1.165, 1.54) is 11.1 Å². The van der Waals surface area contributed by atoms with E-state index < -0.39 is 0 Å². The number of hydrogen-bond donors (Lipinski definition) is 4. The second-order valence-corrected chi connectivity index (χ2v) is 11.9. The molecule has 1 heterocycles. The van der Waals surface area contributed by atoms with Crippen LogP contribution in [0.5, 0.6) is 5.75 Å². The van der Waals surface area contributed by atoms with Crippen molar-refractivity contribution in [1.29, 1.82) is 0 Å². The van der Waals surface area contributed by atoms with Gasteiger partial charge in [-0.05, 0) is 79.1 Å². The third-order valence-corrected chi connectivity index (χ3v) is 8.85. The Hall–Kier alpha value is -3.17. The Labute approximate surface area is 243 Å². The van der Waals surface area contributed by atoms with Gasteiger partial charge in [-0.2, -0.15) is 0 Å². The van der Waals surface area contributed by atoms with Crippen molar-refractivity contribution in [3.8, 4) is 5.75 Å². The Morgan fingerprint density at radius 3 is 2.62 bits per heavy atom. The molecule has 5 N–H and O–H groups in total. The summed E-state index contributed by atoms with van der Waals surface area (Å²) >= 11 is 7.23. The number of aromatic amines is 1. The van der Waals surface area contributed by atoms with Crippen molar-refractivity contribution in [2.45, 2.75) is 50.6 Å². The Morgan fingerprint density at radius 1 is 1.10 bits per heavy atom. The molecule has 210 valence electrons. The number of phenols is 1. The minimum atomic E-state index is -0.226. The zero-order valence-electron chi connectivity index (χ0n) is 22.4. The molecule has 9 heteroatoms. The number of carbonyl (C=O) groups is 1. The van der Waals surface area contributed by atoms with E-state index in [1.807, 2.05) is 35.2 Å². The second kappa shape index (κ2) is 13.0. The lowest BCUT2D eigenvalue weighted by atomic mass is 10.0. The first-order chi connectivity index (χ1) is 19.4. The second-order valence-electron chi connectivity index (χ2n) is 10.5. The van der Waals surface area contributed by atoms with Crippen LogP contribution in [0.1, 0.15) is 35.1 Å². The summed E-state index contributed by atoms with van der Waals surface area (Å²) in [5.41, 5.74) is 11.7. The number of amides is 1. The van der Waals surface area contributed by atoms with Crippen molar-refractivity contribution in [2.24, 2.45) is 5.73 Å². The number of benzene rings is 3. The normalized spacial score (nSPS) is 13.9. The van der Waals surface area contributed by atoms with Crippen LogP contribution in [0.3, 0.4) is 0 Å². The van der Waals surface area contributed by atoms with Gasteiger partial charge in [0.2, 0.25) is 5.91 Å². The molecule has 1 unspecified atom stereocenters. The molecule has 1 aliphatic rings. The van der Waals surface area contributed by atoms with Crippen LogP contribution in [0.15, 0.2) is 65.5 Å². The van der Waals surface area contributed by atoms with Crippen LogP contribution >= 0.6 is 22.9 Å². The molecule has 3 aromatic carbocycles. The predicted octanol–water partition coefficient (Wildman–Crippen LogP) is 4.43. The van der Waals surface area contributed by atoms with E-state index >= 15 is 0 Å². The van der Waals surface area contributed by atoms with Crippen molar-refractivity contribution in [3.63, 3.8) is 0 Å². The molecular formula is C31H35ClN4O3S. The molecule has 0 bridgehead atoms. The molecule has 0 saturated heterocycles. The highest BCUT2D eigenvalue weighted by Crippen LogP contribution is 2.28. The monoisotopic (exact) mass is 578 g/mol. The maximum absolute atomic E-state index is 13.6. The van der Waals surface area contributed by atoms with Crippen LogP contribution in [-0.2, 0) is 30.5 Å². The van der Waals surface area contributed by atoms with E-state index in [1.54, 1.807) is 6.07 Å². The van der Waals surface area contributed by atoms with Gasteiger partial charge in [0, 0.05) is 36.6 Å². The van der Waals surface area contributed by atoms with Crippen molar-refractivity contribution >= 4 is 39.1 Å². The number of aromatic hydroxyl groups is 1. The number of phenolic OH excluding ortho intramolecular Hbond substituents is 1. The molecule has 1 aliphatic carbocycles. The number of halogens is 1. The first-order valence-electron chi connectivity index (χ1n) is 13.8. The highest BCUT2D eigenvalue weighted by Gasteiger charge is 2.30. The molecule has 1 amide bonds. The van der Waals surface area contributed by atoms with Gasteiger partial charge in [-0.25, -0.2) is 0 Å². The van der Waals surface area contributed by atoms with E-state index in [2.05, 4.69) is 34.6 Å². The summed E-state index contributed by atoms with van der Waals surface area (Å²) in [6, 6.07) is 19.6. The van der Waals surface area contributed by atoms with E-state index in [-0.39, 0.29) is 28.6 Å². The number of nitrogens with two attached hydrogens (primary N) is 1. The number of hydrogen-bond acceptors (Lipinski definition) is 6. The highest BCUT2D eigenvalue weighted by molar-refractivity contribution is 7.16. The Balaban J connectivity index is 1.17. The Bertz CT molecular complexity index is 1510. The molecule has 0 fully saturated rings. The summed E-state index contributed by atoms with van der Waals surface area (Å²) in [5, 5.41) is 14.2. The summed E-state index contributed by atoms with van der Waals surface area (Å²) < 4.78 is 0.791. The van der Waals surface area contributed by atoms with Crippen molar-refractivity contribution in [1.82, 2.24) is 15.2 Å². The maximum atomic E-state index is 13.6. The van der Waals surface area contributed by atoms with Crippen LogP contribution in [-0.4, -0.2) is 52.6 Å². The number of carbonyl (C=O) groups excluding carboxylic acids is 1. The van der Waals surface area contributed by atoms with Crippen LogP contribution < -0.4 is 15.9 Å². The summed E-state index contributed by atoms with van der Waals surface area (Å²) in [6.07, 6.45) is 4.24. The SMILES string of the molecule is NC(CCc1cccc(Cl)c1)CC(=O)N(CCNCCc1ccc(O)c2[nH]c(=O)sc12)C1Cc2ccccc2C1. The fraction of sp³-hybridized carbons (Fsp3) is 0.355. The van der Waals surface area contributed by atoms with Gasteiger partial charge in [0.15, 0.2) is 0 Å². The minimum absolute atomic E-state index is 0.0857. The molecule has 4 aromatic rings. The van der Waals surface area contributed by atoms with Gasteiger partial charge in [-0.15, -0.1) is 0 Å². The number of H-pyrrole nitrogens is 1. The minimum Gasteiger partial charge on any atom is -0.506 e. The average molecular weight is 579 g/mol. The third-order valence-electron chi connectivity index (χ3n) is 7.66. The Morgan fingerprint density at radius 2 is 1.88 bits per heavy atom. The number of nitrogens with zero attached hydrogens (tertiary/aromatic N) is 1. The van der Waals surface area contributed by atoms with Gasteiger partial charge in [-0.1, -0.05) is 65.4 Å². The highest BCUT2D eigenvalue weighted by atomic mass is 35.5. The maximum Gasteiger partial charge on any atom is 0.305 e. The van der Waals surface area contributed by atoms with E-state index in [9.17, 15) is 14.7 Å². The van der Waals surface area contributed by atoms with E-state index in [0.29, 0.717) is 43.0 Å². The van der Waals surface area contributed by atoms with E-state index in [0.717, 1.165) is 52.8 Å². The van der Waals surface area contributed by atoms with Crippen molar-refractivity contribution in [3.05, 3.63) is 97.6 Å². The van der Waals surface area contributed by atoms with Gasteiger partial charge in [0.05, 0.1) is 4.70 Å². The number of fused-ring (bicyclic) bond motifs is 2. The van der Waals surface area contributed by atoms with Crippen LogP contribution in [0.4, 0.5) is 0 Å². The van der Waals surface area contributed by atoms with Gasteiger partial charge in [0.1, 0.15) is 11.3 Å². The number of aromatic nitrogens is 1. The lowest BCUT2D eigenvalue weighted by molar-refractivity contribution is -0.133.